The van der Waals surface area contributed by atoms with Crippen molar-refractivity contribution in [2.75, 3.05) is 7.11 Å². The van der Waals surface area contributed by atoms with Gasteiger partial charge in [-0.25, -0.2) is 0 Å². The molecule has 1 N–H and O–H groups in total. The molecule has 1 aromatic carbocycles. The van der Waals surface area contributed by atoms with Gasteiger partial charge in [-0.15, -0.1) is 11.3 Å². The van der Waals surface area contributed by atoms with Gasteiger partial charge in [0, 0.05) is 22.2 Å². The Morgan fingerprint density at radius 3 is 2.89 bits per heavy atom. The van der Waals surface area contributed by atoms with Gasteiger partial charge in [0.15, 0.2) is 0 Å². The molecule has 19 heavy (non-hydrogen) atoms. The van der Waals surface area contributed by atoms with Gasteiger partial charge in [-0.05, 0) is 48.4 Å². The summed E-state index contributed by atoms with van der Waals surface area (Å²) in [6.45, 7) is 3.28. The number of rotatable bonds is 6. The lowest BCUT2D eigenvalue weighted by Crippen LogP contribution is -2.15. The zero-order valence-electron chi connectivity index (χ0n) is 11.7. The Bertz CT molecular complexity index is 571. The van der Waals surface area contributed by atoms with E-state index in [0.29, 0.717) is 0 Å². The molecule has 1 fully saturated rings. The predicted octanol–water partition coefficient (Wildman–Crippen LogP) is 4.11. The van der Waals surface area contributed by atoms with Crippen LogP contribution in [0.4, 0.5) is 0 Å². The summed E-state index contributed by atoms with van der Waals surface area (Å²) < 4.78 is 6.75. The first-order valence-electron chi connectivity index (χ1n) is 7.13. The molecule has 0 radical (unpaired) electrons. The number of hydrogen-bond acceptors (Lipinski definition) is 3. The fourth-order valence-electron chi connectivity index (χ4n) is 2.50. The molecule has 0 bridgehead atoms. The molecule has 3 heteroatoms. The van der Waals surface area contributed by atoms with E-state index in [1.165, 1.54) is 39.8 Å². The molecule has 1 aliphatic carbocycles. The van der Waals surface area contributed by atoms with Crippen LogP contribution in [0.3, 0.4) is 0 Å². The average Bonchev–Trinajstić information content (AvgIpc) is 3.20. The first kappa shape index (κ1) is 12.9. The van der Waals surface area contributed by atoms with Gasteiger partial charge in [-0.2, -0.15) is 0 Å². The van der Waals surface area contributed by atoms with Crippen LogP contribution in [0, 0.1) is 0 Å². The fourth-order valence-corrected chi connectivity index (χ4v) is 3.68. The highest BCUT2D eigenvalue weighted by atomic mass is 32.1. The lowest BCUT2D eigenvalue weighted by molar-refractivity contribution is 0.415. The van der Waals surface area contributed by atoms with E-state index >= 15 is 0 Å². The molecule has 1 heterocycles. The zero-order valence-corrected chi connectivity index (χ0v) is 12.5. The molecule has 2 aromatic rings. The summed E-state index contributed by atoms with van der Waals surface area (Å²) in [5.41, 5.74) is 1.52. The van der Waals surface area contributed by atoms with E-state index in [9.17, 15) is 0 Å². The number of ether oxygens (including phenoxy) is 1. The Morgan fingerprint density at radius 1 is 1.37 bits per heavy atom. The highest BCUT2D eigenvalue weighted by Crippen LogP contribution is 2.35. The van der Waals surface area contributed by atoms with Crippen LogP contribution in [0.2, 0.25) is 0 Å². The minimum atomic E-state index is 0.772. The third-order valence-electron chi connectivity index (χ3n) is 3.71. The highest BCUT2D eigenvalue weighted by molar-refractivity contribution is 7.19. The van der Waals surface area contributed by atoms with E-state index in [1.54, 1.807) is 7.11 Å². The second-order valence-electron chi connectivity index (χ2n) is 5.27. The van der Waals surface area contributed by atoms with E-state index in [0.717, 1.165) is 24.8 Å². The van der Waals surface area contributed by atoms with Crippen molar-refractivity contribution in [2.24, 2.45) is 0 Å². The number of nitrogens with one attached hydrogen (secondary N) is 1. The van der Waals surface area contributed by atoms with Crippen molar-refractivity contribution in [1.82, 2.24) is 5.32 Å². The summed E-state index contributed by atoms with van der Waals surface area (Å²) in [4.78, 5) is 1.51. The molecule has 0 atom stereocenters. The molecule has 1 aliphatic rings. The number of hydrogen-bond donors (Lipinski definition) is 1. The average molecular weight is 275 g/mol. The highest BCUT2D eigenvalue weighted by Gasteiger charge is 2.21. The smallest absolute Gasteiger partial charge is 0.119 e. The van der Waals surface area contributed by atoms with Crippen molar-refractivity contribution in [2.45, 2.75) is 45.2 Å². The molecule has 3 rings (SSSR count). The van der Waals surface area contributed by atoms with Crippen LogP contribution < -0.4 is 10.1 Å². The van der Waals surface area contributed by atoms with Gasteiger partial charge in [0.1, 0.15) is 5.75 Å². The van der Waals surface area contributed by atoms with Crippen molar-refractivity contribution in [1.29, 1.82) is 0 Å². The molecule has 2 nitrogen and oxygen atoms in total. The lowest BCUT2D eigenvalue weighted by atomic mass is 10.1. The third kappa shape index (κ3) is 2.77. The second-order valence-corrected chi connectivity index (χ2v) is 6.41. The molecular formula is C16H21NOS. The number of aryl methyl sites for hydroxylation is 1. The minimum Gasteiger partial charge on any atom is -0.497 e. The summed E-state index contributed by atoms with van der Waals surface area (Å²) >= 11 is 1.93. The predicted molar refractivity (Wildman–Crippen MR) is 82.2 cm³/mol. The van der Waals surface area contributed by atoms with Crippen LogP contribution in [-0.4, -0.2) is 13.2 Å². The topological polar surface area (TPSA) is 21.3 Å². The third-order valence-corrected chi connectivity index (χ3v) is 4.92. The van der Waals surface area contributed by atoms with Crippen molar-refractivity contribution < 1.29 is 4.74 Å². The summed E-state index contributed by atoms with van der Waals surface area (Å²) in [6, 6.07) is 7.22. The van der Waals surface area contributed by atoms with E-state index in [-0.39, 0.29) is 0 Å². The van der Waals surface area contributed by atoms with E-state index in [1.807, 2.05) is 11.3 Å². The second kappa shape index (κ2) is 5.51. The van der Waals surface area contributed by atoms with E-state index in [2.05, 4.69) is 30.4 Å². The molecular weight excluding hydrogens is 254 g/mol. The van der Waals surface area contributed by atoms with Gasteiger partial charge in [0.05, 0.1) is 7.11 Å². The summed E-state index contributed by atoms with van der Waals surface area (Å²) in [6.07, 6.45) is 5.05. The monoisotopic (exact) mass is 275 g/mol. The maximum Gasteiger partial charge on any atom is 0.119 e. The van der Waals surface area contributed by atoms with Gasteiger partial charge >= 0.3 is 0 Å². The van der Waals surface area contributed by atoms with Crippen LogP contribution >= 0.6 is 11.3 Å². The fraction of sp³-hybridized carbons (Fsp3) is 0.500. The Labute approximate surface area is 118 Å². The number of thiophene rings is 1. The standard InChI is InChI=1S/C16H21NOS/c1-3-4-13-14-9-12(18-2)7-8-15(14)19-16(13)10-17-11-5-6-11/h7-9,11,17H,3-6,10H2,1-2H3. The molecule has 0 spiro atoms. The summed E-state index contributed by atoms with van der Waals surface area (Å²) in [5, 5.41) is 5.03. The zero-order chi connectivity index (χ0) is 13.2. The first-order valence-corrected chi connectivity index (χ1v) is 7.95. The largest absolute Gasteiger partial charge is 0.497 e. The maximum atomic E-state index is 5.36. The molecule has 0 saturated heterocycles. The van der Waals surface area contributed by atoms with Gasteiger partial charge in [0.25, 0.3) is 0 Å². The van der Waals surface area contributed by atoms with Gasteiger partial charge in [-0.1, -0.05) is 13.3 Å². The first-order chi connectivity index (χ1) is 9.31. The Hall–Kier alpha value is -1.06. The van der Waals surface area contributed by atoms with Crippen LogP contribution in [0.25, 0.3) is 10.1 Å². The van der Waals surface area contributed by atoms with Crippen molar-refractivity contribution in [3.05, 3.63) is 28.6 Å². The molecule has 0 unspecified atom stereocenters. The van der Waals surface area contributed by atoms with Gasteiger partial charge in [-0.3, -0.25) is 0 Å². The van der Waals surface area contributed by atoms with Gasteiger partial charge < -0.3 is 10.1 Å². The molecule has 102 valence electrons. The molecule has 0 amide bonds. The van der Waals surface area contributed by atoms with Crippen LogP contribution in [0.15, 0.2) is 18.2 Å². The van der Waals surface area contributed by atoms with Crippen LogP contribution in [0.5, 0.6) is 5.75 Å². The summed E-state index contributed by atoms with van der Waals surface area (Å²) in [5.74, 6) is 0.962. The van der Waals surface area contributed by atoms with Crippen molar-refractivity contribution >= 4 is 21.4 Å². The molecule has 1 aromatic heterocycles. The normalized spacial score (nSPS) is 15.1. The molecule has 1 saturated carbocycles. The van der Waals surface area contributed by atoms with Crippen molar-refractivity contribution in [3.63, 3.8) is 0 Å². The van der Waals surface area contributed by atoms with Crippen LogP contribution in [-0.2, 0) is 13.0 Å². The number of methoxy groups -OCH3 is 1. The molecule has 0 aliphatic heterocycles. The maximum absolute atomic E-state index is 5.36. The quantitative estimate of drug-likeness (QED) is 0.856. The van der Waals surface area contributed by atoms with E-state index in [4.69, 9.17) is 4.74 Å². The Balaban J connectivity index is 1.96. The van der Waals surface area contributed by atoms with Gasteiger partial charge in [0.2, 0.25) is 0 Å². The lowest BCUT2D eigenvalue weighted by Gasteiger charge is -2.05. The SMILES string of the molecule is CCCc1c(CNC2CC2)sc2ccc(OC)cc12. The number of fused-ring (bicyclic) bond motifs is 1. The van der Waals surface area contributed by atoms with Crippen molar-refractivity contribution in [3.8, 4) is 5.75 Å². The van der Waals surface area contributed by atoms with E-state index < -0.39 is 0 Å². The Kier molecular flexibility index (Phi) is 3.76. The summed E-state index contributed by atoms with van der Waals surface area (Å²) in [7, 11) is 1.74. The van der Waals surface area contributed by atoms with Crippen LogP contribution in [0.1, 0.15) is 36.6 Å². The Morgan fingerprint density at radius 2 is 2.21 bits per heavy atom. The minimum absolute atomic E-state index is 0.772. The number of benzene rings is 1.